The number of rotatable bonds is 4. The number of nitrogens with one attached hydrogen (secondary N) is 2. The maximum absolute atomic E-state index is 11.5. The number of methoxy groups -OCH3 is 1. The standard InChI is InChI=1S/C14H18N2O4S/c1-20-13-9-12(21(2,18)19)7-4-10(13)3-5-11-6-8-14(17)16-15-11/h3-5,7,9,11,15H,6,8H2,1-2H3,(H,16,17)/b5-3+. The summed E-state index contributed by atoms with van der Waals surface area (Å²) >= 11 is 0. The van der Waals surface area contributed by atoms with E-state index in [0.717, 1.165) is 11.8 Å². The first-order chi connectivity index (χ1) is 9.90. The van der Waals surface area contributed by atoms with E-state index in [2.05, 4.69) is 10.9 Å². The van der Waals surface area contributed by atoms with E-state index in [1.807, 2.05) is 12.2 Å². The van der Waals surface area contributed by atoms with Gasteiger partial charge in [-0.3, -0.25) is 10.2 Å². The first kappa shape index (κ1) is 15.5. The number of carbonyl (C=O) groups excluding carboxylic acids is 1. The highest BCUT2D eigenvalue weighted by molar-refractivity contribution is 7.90. The molecule has 0 saturated carbocycles. The van der Waals surface area contributed by atoms with Crippen LogP contribution in [0.15, 0.2) is 29.2 Å². The van der Waals surface area contributed by atoms with Gasteiger partial charge in [0.1, 0.15) is 5.75 Å². The number of ether oxygens (including phenoxy) is 1. The van der Waals surface area contributed by atoms with Crippen LogP contribution >= 0.6 is 0 Å². The van der Waals surface area contributed by atoms with Crippen molar-refractivity contribution in [3.8, 4) is 5.75 Å². The molecule has 1 amide bonds. The van der Waals surface area contributed by atoms with Crippen molar-refractivity contribution < 1.29 is 17.9 Å². The second kappa shape index (κ2) is 6.28. The number of hydrazine groups is 1. The first-order valence-corrected chi connectivity index (χ1v) is 8.40. The minimum Gasteiger partial charge on any atom is -0.496 e. The molecule has 6 nitrogen and oxygen atoms in total. The second-order valence-electron chi connectivity index (χ2n) is 4.87. The molecule has 1 aliphatic heterocycles. The van der Waals surface area contributed by atoms with Crippen molar-refractivity contribution >= 4 is 21.8 Å². The van der Waals surface area contributed by atoms with Crippen LogP contribution in [0.1, 0.15) is 18.4 Å². The minimum absolute atomic E-state index is 0.0188. The van der Waals surface area contributed by atoms with Crippen LogP contribution in [0.5, 0.6) is 5.75 Å². The van der Waals surface area contributed by atoms with Gasteiger partial charge in [-0.1, -0.05) is 12.2 Å². The largest absolute Gasteiger partial charge is 0.496 e. The van der Waals surface area contributed by atoms with Gasteiger partial charge in [0.25, 0.3) is 0 Å². The summed E-state index contributed by atoms with van der Waals surface area (Å²) in [4.78, 5) is 11.3. The number of carbonyl (C=O) groups is 1. The van der Waals surface area contributed by atoms with Crippen LogP contribution in [0.4, 0.5) is 0 Å². The SMILES string of the molecule is COc1cc(S(C)(=O)=O)ccc1/C=C/C1CCC(=O)NN1. The summed E-state index contributed by atoms with van der Waals surface area (Å²) in [6.45, 7) is 0. The van der Waals surface area contributed by atoms with Gasteiger partial charge in [-0.05, 0) is 24.6 Å². The smallest absolute Gasteiger partial charge is 0.234 e. The molecule has 1 heterocycles. The topological polar surface area (TPSA) is 84.5 Å². The van der Waals surface area contributed by atoms with E-state index in [1.54, 1.807) is 12.1 Å². The highest BCUT2D eigenvalue weighted by Crippen LogP contribution is 2.24. The molecule has 1 aromatic carbocycles. The summed E-state index contributed by atoms with van der Waals surface area (Å²) < 4.78 is 28.3. The van der Waals surface area contributed by atoms with E-state index in [0.29, 0.717) is 18.6 Å². The Morgan fingerprint density at radius 1 is 1.38 bits per heavy atom. The van der Waals surface area contributed by atoms with Crippen LogP contribution in [0.25, 0.3) is 6.08 Å². The molecule has 1 unspecified atom stereocenters. The Balaban J connectivity index is 2.18. The lowest BCUT2D eigenvalue weighted by atomic mass is 10.1. The summed E-state index contributed by atoms with van der Waals surface area (Å²) in [5, 5.41) is 0. The van der Waals surface area contributed by atoms with E-state index >= 15 is 0 Å². The fraction of sp³-hybridized carbons (Fsp3) is 0.357. The van der Waals surface area contributed by atoms with Crippen molar-refractivity contribution in [3.63, 3.8) is 0 Å². The Labute approximate surface area is 124 Å². The predicted molar refractivity (Wildman–Crippen MR) is 79.4 cm³/mol. The monoisotopic (exact) mass is 310 g/mol. The fourth-order valence-corrected chi connectivity index (χ4v) is 2.65. The Bertz CT molecular complexity index is 658. The summed E-state index contributed by atoms with van der Waals surface area (Å²) in [5.74, 6) is 0.476. The maximum atomic E-state index is 11.5. The van der Waals surface area contributed by atoms with Gasteiger partial charge in [-0.2, -0.15) is 0 Å². The predicted octanol–water partition coefficient (Wildman–Crippen LogP) is 0.895. The molecule has 7 heteroatoms. The van der Waals surface area contributed by atoms with Gasteiger partial charge in [-0.25, -0.2) is 13.8 Å². The van der Waals surface area contributed by atoms with Crippen LogP contribution in [0.3, 0.4) is 0 Å². The van der Waals surface area contributed by atoms with E-state index < -0.39 is 9.84 Å². The van der Waals surface area contributed by atoms with Crippen molar-refractivity contribution in [2.24, 2.45) is 0 Å². The molecule has 1 atom stereocenters. The van der Waals surface area contributed by atoms with Gasteiger partial charge in [0, 0.05) is 24.3 Å². The van der Waals surface area contributed by atoms with Crippen LogP contribution in [-0.4, -0.2) is 33.7 Å². The highest BCUT2D eigenvalue weighted by atomic mass is 32.2. The molecule has 2 rings (SSSR count). The molecular formula is C14H18N2O4S. The molecule has 1 aliphatic rings. The van der Waals surface area contributed by atoms with Gasteiger partial charge in [0.05, 0.1) is 12.0 Å². The number of amides is 1. The molecule has 1 saturated heterocycles. The molecule has 0 bridgehead atoms. The normalized spacial score (nSPS) is 19.5. The quantitative estimate of drug-likeness (QED) is 0.863. The third kappa shape index (κ3) is 4.05. The third-order valence-electron chi connectivity index (χ3n) is 3.22. The Kier molecular flexibility index (Phi) is 4.64. The molecule has 21 heavy (non-hydrogen) atoms. The second-order valence-corrected chi connectivity index (χ2v) is 6.89. The lowest BCUT2D eigenvalue weighted by Gasteiger charge is -2.20. The number of hydrogen-bond donors (Lipinski definition) is 2. The van der Waals surface area contributed by atoms with Gasteiger partial charge < -0.3 is 4.74 Å². The van der Waals surface area contributed by atoms with E-state index in [-0.39, 0.29) is 16.8 Å². The van der Waals surface area contributed by atoms with E-state index in [9.17, 15) is 13.2 Å². The lowest BCUT2D eigenvalue weighted by molar-refractivity contribution is -0.123. The van der Waals surface area contributed by atoms with E-state index in [1.165, 1.54) is 13.2 Å². The van der Waals surface area contributed by atoms with Crippen molar-refractivity contribution in [2.75, 3.05) is 13.4 Å². The molecule has 1 fully saturated rings. The highest BCUT2D eigenvalue weighted by Gasteiger charge is 2.15. The first-order valence-electron chi connectivity index (χ1n) is 6.51. The Morgan fingerprint density at radius 2 is 2.14 bits per heavy atom. The number of benzene rings is 1. The molecular weight excluding hydrogens is 292 g/mol. The van der Waals surface area contributed by atoms with Crippen molar-refractivity contribution in [1.82, 2.24) is 10.9 Å². The summed E-state index contributed by atoms with van der Waals surface area (Å²) in [7, 11) is -1.76. The Morgan fingerprint density at radius 3 is 2.71 bits per heavy atom. The molecule has 0 radical (unpaired) electrons. The summed E-state index contributed by atoms with van der Waals surface area (Å²) in [6, 6.07) is 4.80. The molecule has 114 valence electrons. The van der Waals surface area contributed by atoms with E-state index in [4.69, 9.17) is 4.74 Å². The van der Waals surface area contributed by atoms with Crippen LogP contribution in [0.2, 0.25) is 0 Å². The molecule has 0 aliphatic carbocycles. The minimum atomic E-state index is -3.26. The fourth-order valence-electron chi connectivity index (χ4n) is 2.02. The van der Waals surface area contributed by atoms with Crippen LogP contribution in [0, 0.1) is 0 Å². The molecule has 2 N–H and O–H groups in total. The van der Waals surface area contributed by atoms with Gasteiger partial charge in [0.15, 0.2) is 9.84 Å². The van der Waals surface area contributed by atoms with Gasteiger partial charge in [-0.15, -0.1) is 0 Å². The number of sulfone groups is 1. The maximum Gasteiger partial charge on any atom is 0.234 e. The van der Waals surface area contributed by atoms with Gasteiger partial charge in [0.2, 0.25) is 5.91 Å². The lowest BCUT2D eigenvalue weighted by Crippen LogP contribution is -2.48. The zero-order valence-electron chi connectivity index (χ0n) is 11.9. The van der Waals surface area contributed by atoms with Crippen molar-refractivity contribution in [1.29, 1.82) is 0 Å². The molecule has 1 aromatic rings. The third-order valence-corrected chi connectivity index (χ3v) is 4.33. The van der Waals surface area contributed by atoms with Crippen LogP contribution in [-0.2, 0) is 14.6 Å². The summed E-state index contributed by atoms with van der Waals surface area (Å²) in [5.41, 5.74) is 6.25. The Hall–Kier alpha value is -1.86. The average molecular weight is 310 g/mol. The average Bonchev–Trinajstić information content (AvgIpc) is 2.45. The van der Waals surface area contributed by atoms with Crippen molar-refractivity contribution in [3.05, 3.63) is 29.8 Å². The van der Waals surface area contributed by atoms with Crippen molar-refractivity contribution in [2.45, 2.75) is 23.8 Å². The number of hydrogen-bond acceptors (Lipinski definition) is 5. The van der Waals surface area contributed by atoms with Gasteiger partial charge >= 0.3 is 0 Å². The zero-order chi connectivity index (χ0) is 15.5. The zero-order valence-corrected chi connectivity index (χ0v) is 12.7. The summed E-state index contributed by atoms with van der Waals surface area (Å²) in [6.07, 6.45) is 6.11. The van der Waals surface area contributed by atoms with Crippen LogP contribution < -0.4 is 15.6 Å². The molecule has 0 spiro atoms. The molecule has 0 aromatic heterocycles.